The fourth-order valence-corrected chi connectivity index (χ4v) is 4.08. The summed E-state index contributed by atoms with van der Waals surface area (Å²) in [5.74, 6) is 0.182. The van der Waals surface area contributed by atoms with Crippen molar-refractivity contribution in [2.24, 2.45) is 17.8 Å². The Morgan fingerprint density at radius 1 is 1.43 bits per heavy atom. The molecule has 3 unspecified atom stereocenters. The molecule has 4 heteroatoms. The molecule has 0 bridgehead atoms. The average Bonchev–Trinajstić information content (AvgIpc) is 2.38. The predicted molar refractivity (Wildman–Crippen MR) is 89.5 cm³/mol. The van der Waals surface area contributed by atoms with Crippen molar-refractivity contribution in [2.45, 2.75) is 45.6 Å². The van der Waals surface area contributed by atoms with Crippen LogP contribution < -0.4 is 5.32 Å². The summed E-state index contributed by atoms with van der Waals surface area (Å²) in [5, 5.41) is 13.3. The molecule has 2 N–H and O–H groups in total. The van der Waals surface area contributed by atoms with Gasteiger partial charge in [-0.25, -0.2) is 4.79 Å². The van der Waals surface area contributed by atoms with Gasteiger partial charge in [0.05, 0.1) is 0 Å². The maximum Gasteiger partial charge on any atom is 0.329 e. The fraction of sp³-hybridized carbons (Fsp3) is 0.588. The topological polar surface area (TPSA) is 49.3 Å². The normalized spacial score (nSPS) is 29.4. The molecule has 1 aromatic rings. The van der Waals surface area contributed by atoms with Crippen LogP contribution in [0.15, 0.2) is 28.7 Å². The Bertz CT molecular complexity index is 517. The van der Waals surface area contributed by atoms with Gasteiger partial charge in [-0.15, -0.1) is 0 Å². The second-order valence-electron chi connectivity index (χ2n) is 6.65. The Morgan fingerprint density at radius 2 is 2.14 bits per heavy atom. The number of carbonyl (C=O) groups is 1. The first-order valence-electron chi connectivity index (χ1n) is 7.62. The van der Waals surface area contributed by atoms with Gasteiger partial charge in [0.25, 0.3) is 0 Å². The molecule has 1 aromatic carbocycles. The van der Waals surface area contributed by atoms with E-state index in [9.17, 15) is 9.90 Å². The molecule has 1 aliphatic carbocycles. The molecule has 0 heterocycles. The number of rotatable bonds is 4. The van der Waals surface area contributed by atoms with E-state index in [4.69, 9.17) is 0 Å². The molecule has 116 valence electrons. The van der Waals surface area contributed by atoms with E-state index in [0.717, 1.165) is 23.0 Å². The first kappa shape index (κ1) is 16.3. The molecule has 0 aliphatic heterocycles. The van der Waals surface area contributed by atoms with Gasteiger partial charge in [-0.2, -0.15) is 0 Å². The van der Waals surface area contributed by atoms with Crippen molar-refractivity contribution in [3.63, 3.8) is 0 Å². The molecular formula is C17H24BrNO2. The predicted octanol–water partition coefficient (Wildman–Crippen LogP) is 4.78. The molecule has 3 nitrogen and oxygen atoms in total. The lowest BCUT2D eigenvalue weighted by molar-refractivity contribution is -0.147. The maximum absolute atomic E-state index is 12.2. The van der Waals surface area contributed by atoms with Crippen molar-refractivity contribution in [1.82, 2.24) is 0 Å². The molecule has 1 fully saturated rings. The highest BCUT2D eigenvalue weighted by Crippen LogP contribution is 2.43. The quantitative estimate of drug-likeness (QED) is 0.818. The van der Waals surface area contributed by atoms with E-state index in [2.05, 4.69) is 42.0 Å². The SMILES string of the molecule is CC1CCC(C(C)C)C(Nc2cccc(Br)c2)(C(=O)O)C1. The van der Waals surface area contributed by atoms with E-state index in [1.165, 1.54) is 0 Å². The van der Waals surface area contributed by atoms with Crippen LogP contribution in [-0.2, 0) is 4.79 Å². The zero-order chi connectivity index (χ0) is 15.6. The van der Waals surface area contributed by atoms with Gasteiger partial charge >= 0.3 is 5.97 Å². The molecule has 1 saturated carbocycles. The van der Waals surface area contributed by atoms with E-state index in [1.54, 1.807) is 0 Å². The average molecular weight is 354 g/mol. The second-order valence-corrected chi connectivity index (χ2v) is 7.56. The van der Waals surface area contributed by atoms with Crippen LogP contribution in [0.25, 0.3) is 0 Å². The number of carboxylic acids is 1. The van der Waals surface area contributed by atoms with E-state index >= 15 is 0 Å². The van der Waals surface area contributed by atoms with Gasteiger partial charge in [0.2, 0.25) is 0 Å². The summed E-state index contributed by atoms with van der Waals surface area (Å²) >= 11 is 3.45. The number of hydrogen-bond donors (Lipinski definition) is 2. The van der Waals surface area contributed by atoms with Gasteiger partial charge < -0.3 is 10.4 Å². The number of benzene rings is 1. The van der Waals surface area contributed by atoms with Gasteiger partial charge in [0, 0.05) is 10.2 Å². The summed E-state index contributed by atoms with van der Waals surface area (Å²) in [5.41, 5.74) is -0.00127. The summed E-state index contributed by atoms with van der Waals surface area (Å²) < 4.78 is 0.956. The Hall–Kier alpha value is -1.03. The third-order valence-corrected chi connectivity index (χ3v) is 5.15. The Kier molecular flexibility index (Phi) is 4.97. The van der Waals surface area contributed by atoms with Crippen LogP contribution in [-0.4, -0.2) is 16.6 Å². The second kappa shape index (κ2) is 6.39. The lowest BCUT2D eigenvalue weighted by Gasteiger charge is -2.46. The molecule has 2 rings (SSSR count). The first-order valence-corrected chi connectivity index (χ1v) is 8.41. The number of anilines is 1. The van der Waals surface area contributed by atoms with Crippen molar-refractivity contribution in [2.75, 3.05) is 5.32 Å². The third kappa shape index (κ3) is 3.42. The highest BCUT2D eigenvalue weighted by Gasteiger charge is 2.50. The maximum atomic E-state index is 12.2. The molecule has 21 heavy (non-hydrogen) atoms. The highest BCUT2D eigenvalue weighted by atomic mass is 79.9. The standard InChI is InChI=1S/C17H24BrNO2/c1-11(2)15-8-7-12(3)10-17(15,16(20)21)19-14-6-4-5-13(18)9-14/h4-6,9,11-12,15,19H,7-8,10H2,1-3H3,(H,20,21). The van der Waals surface area contributed by atoms with Crippen molar-refractivity contribution in [3.8, 4) is 0 Å². The minimum atomic E-state index is -0.868. The monoisotopic (exact) mass is 353 g/mol. The lowest BCUT2D eigenvalue weighted by Crippen LogP contribution is -2.57. The van der Waals surface area contributed by atoms with Crippen LogP contribution >= 0.6 is 15.9 Å². The minimum Gasteiger partial charge on any atom is -0.479 e. The lowest BCUT2D eigenvalue weighted by atomic mass is 9.64. The van der Waals surface area contributed by atoms with Crippen molar-refractivity contribution in [1.29, 1.82) is 0 Å². The van der Waals surface area contributed by atoms with Gasteiger partial charge in [0.15, 0.2) is 0 Å². The van der Waals surface area contributed by atoms with Crippen molar-refractivity contribution >= 4 is 27.6 Å². The van der Waals surface area contributed by atoms with Crippen LogP contribution in [0.3, 0.4) is 0 Å². The van der Waals surface area contributed by atoms with Gasteiger partial charge in [0.1, 0.15) is 5.54 Å². The summed E-state index contributed by atoms with van der Waals surface area (Å²) in [7, 11) is 0. The summed E-state index contributed by atoms with van der Waals surface area (Å²) in [6.07, 6.45) is 2.75. The van der Waals surface area contributed by atoms with Gasteiger partial charge in [-0.1, -0.05) is 49.2 Å². The molecular weight excluding hydrogens is 330 g/mol. The van der Waals surface area contributed by atoms with Crippen LogP contribution in [0, 0.1) is 17.8 Å². The number of nitrogens with one attached hydrogen (secondary N) is 1. The molecule has 0 amide bonds. The zero-order valence-corrected chi connectivity index (χ0v) is 14.5. The molecule has 1 aliphatic rings. The summed E-state index contributed by atoms with van der Waals surface area (Å²) in [4.78, 5) is 12.2. The van der Waals surface area contributed by atoms with E-state index < -0.39 is 11.5 Å². The number of hydrogen-bond acceptors (Lipinski definition) is 2. The molecule has 0 aromatic heterocycles. The number of carboxylic acid groups (broad SMARTS) is 1. The number of aliphatic carboxylic acids is 1. The van der Waals surface area contributed by atoms with Gasteiger partial charge in [-0.3, -0.25) is 0 Å². The largest absolute Gasteiger partial charge is 0.479 e. The van der Waals surface area contributed by atoms with Crippen LogP contribution in [0.2, 0.25) is 0 Å². The fourth-order valence-electron chi connectivity index (χ4n) is 3.68. The van der Waals surface area contributed by atoms with Crippen molar-refractivity contribution < 1.29 is 9.90 Å². The van der Waals surface area contributed by atoms with E-state index in [0.29, 0.717) is 18.3 Å². The van der Waals surface area contributed by atoms with Crippen molar-refractivity contribution in [3.05, 3.63) is 28.7 Å². The van der Waals surface area contributed by atoms with E-state index in [-0.39, 0.29) is 5.92 Å². The molecule has 3 atom stereocenters. The van der Waals surface area contributed by atoms with Gasteiger partial charge in [-0.05, 0) is 48.8 Å². The van der Waals surface area contributed by atoms with E-state index in [1.807, 2.05) is 24.3 Å². The third-order valence-electron chi connectivity index (χ3n) is 4.65. The van der Waals surface area contributed by atoms with Crippen LogP contribution in [0.5, 0.6) is 0 Å². The molecule has 0 saturated heterocycles. The number of halogens is 1. The molecule has 0 radical (unpaired) electrons. The smallest absolute Gasteiger partial charge is 0.329 e. The summed E-state index contributed by atoms with van der Waals surface area (Å²) in [6.45, 7) is 6.40. The van der Waals surface area contributed by atoms with Crippen LogP contribution in [0.4, 0.5) is 5.69 Å². The first-order chi connectivity index (χ1) is 9.85. The Balaban J connectivity index is 2.39. The van der Waals surface area contributed by atoms with Crippen LogP contribution in [0.1, 0.15) is 40.0 Å². The minimum absolute atomic E-state index is 0.144. The highest BCUT2D eigenvalue weighted by molar-refractivity contribution is 9.10. The zero-order valence-electron chi connectivity index (χ0n) is 12.9. The molecule has 0 spiro atoms. The Labute approximate surface area is 135 Å². The Morgan fingerprint density at radius 3 is 2.71 bits per heavy atom. The summed E-state index contributed by atoms with van der Waals surface area (Å²) in [6, 6.07) is 7.76.